The Morgan fingerprint density at radius 3 is 2.62 bits per heavy atom. The summed E-state index contributed by atoms with van der Waals surface area (Å²) in [7, 11) is 0. The van der Waals surface area contributed by atoms with Gasteiger partial charge in [-0.15, -0.1) is 0 Å². The number of para-hydroxylation sites is 1. The van der Waals surface area contributed by atoms with Crippen molar-refractivity contribution < 1.29 is 15.0 Å². The van der Waals surface area contributed by atoms with Gasteiger partial charge in [-0.1, -0.05) is 42.0 Å². The second kappa shape index (κ2) is 7.84. The Kier molecular flexibility index (Phi) is 5.34. The summed E-state index contributed by atoms with van der Waals surface area (Å²) in [6.07, 6.45) is 0.412. The van der Waals surface area contributed by atoms with E-state index in [9.17, 15) is 15.0 Å². The molecule has 0 saturated heterocycles. The maximum atomic E-state index is 12.6. The Morgan fingerprint density at radius 1 is 1.19 bits per heavy atom. The monoisotopic (exact) mass is 351 g/mol. The summed E-state index contributed by atoms with van der Waals surface area (Å²) >= 11 is 0. The number of phenols is 1. The van der Waals surface area contributed by atoms with Crippen LogP contribution in [0.3, 0.4) is 0 Å². The largest absolute Gasteiger partial charge is 0.507 e. The summed E-state index contributed by atoms with van der Waals surface area (Å²) in [6.45, 7) is 1.96. The first-order chi connectivity index (χ1) is 12.6. The van der Waals surface area contributed by atoms with Crippen LogP contribution >= 0.6 is 0 Å². The fraction of sp³-hybridized carbons (Fsp3) is 0.200. The number of hydrogen-bond donors (Lipinski definition) is 4. The van der Waals surface area contributed by atoms with Crippen LogP contribution in [0.5, 0.6) is 5.75 Å². The van der Waals surface area contributed by atoms with Crippen molar-refractivity contribution in [2.24, 2.45) is 0 Å². The third kappa shape index (κ3) is 3.92. The molecular formula is C20H21N3O3. The van der Waals surface area contributed by atoms with E-state index >= 15 is 0 Å². The number of carbonyl (C=O) groups excluding carboxylic acids is 1. The van der Waals surface area contributed by atoms with Gasteiger partial charge in [-0.05, 0) is 37.1 Å². The fourth-order valence-electron chi connectivity index (χ4n) is 2.75. The molecule has 0 unspecified atom stereocenters. The topological polar surface area (TPSA) is 98.2 Å². The van der Waals surface area contributed by atoms with Crippen LogP contribution in [0.4, 0.5) is 0 Å². The number of aliphatic hydroxyl groups is 1. The Morgan fingerprint density at radius 2 is 1.92 bits per heavy atom. The van der Waals surface area contributed by atoms with Crippen LogP contribution in [0.25, 0.3) is 11.3 Å². The lowest BCUT2D eigenvalue weighted by molar-refractivity contribution is 0.0925. The van der Waals surface area contributed by atoms with Gasteiger partial charge in [-0.3, -0.25) is 9.89 Å². The van der Waals surface area contributed by atoms with Crippen molar-refractivity contribution in [1.29, 1.82) is 0 Å². The number of carbonyl (C=O) groups is 1. The van der Waals surface area contributed by atoms with Crippen LogP contribution in [-0.4, -0.2) is 32.9 Å². The van der Waals surface area contributed by atoms with Gasteiger partial charge in [0.05, 0.1) is 11.7 Å². The van der Waals surface area contributed by atoms with Crippen molar-refractivity contribution in [3.63, 3.8) is 0 Å². The molecule has 1 atom stereocenters. The molecule has 26 heavy (non-hydrogen) atoms. The molecule has 0 aliphatic heterocycles. The quantitative estimate of drug-likeness (QED) is 0.549. The van der Waals surface area contributed by atoms with Crippen LogP contribution in [-0.2, 0) is 0 Å². The van der Waals surface area contributed by atoms with Crippen LogP contribution in [0, 0.1) is 6.92 Å². The van der Waals surface area contributed by atoms with Crippen molar-refractivity contribution >= 4 is 5.91 Å². The first-order valence-electron chi connectivity index (χ1n) is 8.40. The first kappa shape index (κ1) is 17.7. The van der Waals surface area contributed by atoms with Gasteiger partial charge in [-0.2, -0.15) is 5.10 Å². The summed E-state index contributed by atoms with van der Waals surface area (Å²) in [6, 6.07) is 15.9. The van der Waals surface area contributed by atoms with E-state index in [0.29, 0.717) is 23.4 Å². The number of aryl methyl sites for hydroxylation is 1. The summed E-state index contributed by atoms with van der Waals surface area (Å²) in [4.78, 5) is 12.6. The SMILES string of the molecule is Cc1ccc([C@H](CCO)NC(=O)c2cc(-c3ccccc3O)n[nH]2)cc1. The number of benzene rings is 2. The highest BCUT2D eigenvalue weighted by Crippen LogP contribution is 2.27. The number of H-pyrrole nitrogens is 1. The van der Waals surface area contributed by atoms with Gasteiger partial charge in [-0.25, -0.2) is 0 Å². The zero-order valence-corrected chi connectivity index (χ0v) is 14.4. The van der Waals surface area contributed by atoms with Crippen molar-refractivity contribution in [3.8, 4) is 17.0 Å². The number of hydrogen-bond acceptors (Lipinski definition) is 4. The van der Waals surface area contributed by atoms with E-state index < -0.39 is 0 Å². The van der Waals surface area contributed by atoms with Crippen molar-refractivity contribution in [1.82, 2.24) is 15.5 Å². The van der Waals surface area contributed by atoms with Gasteiger partial charge >= 0.3 is 0 Å². The molecule has 6 heteroatoms. The van der Waals surface area contributed by atoms with Crippen LogP contribution in [0.2, 0.25) is 0 Å². The van der Waals surface area contributed by atoms with E-state index in [2.05, 4.69) is 15.5 Å². The lowest BCUT2D eigenvalue weighted by Gasteiger charge is -2.18. The predicted octanol–water partition coefficient (Wildman–Crippen LogP) is 2.94. The Balaban J connectivity index is 1.78. The lowest BCUT2D eigenvalue weighted by Crippen LogP contribution is -2.29. The van der Waals surface area contributed by atoms with Gasteiger partial charge in [0.25, 0.3) is 5.91 Å². The molecule has 0 aliphatic rings. The molecule has 0 radical (unpaired) electrons. The molecule has 0 bridgehead atoms. The fourth-order valence-corrected chi connectivity index (χ4v) is 2.75. The average Bonchev–Trinajstić information content (AvgIpc) is 3.12. The van der Waals surface area contributed by atoms with E-state index in [1.807, 2.05) is 31.2 Å². The third-order valence-electron chi connectivity index (χ3n) is 4.21. The number of nitrogens with one attached hydrogen (secondary N) is 2. The third-order valence-corrected chi connectivity index (χ3v) is 4.21. The minimum Gasteiger partial charge on any atom is -0.507 e. The van der Waals surface area contributed by atoms with Gasteiger partial charge in [0.1, 0.15) is 11.4 Å². The molecule has 0 fully saturated rings. The highest BCUT2D eigenvalue weighted by molar-refractivity contribution is 5.93. The lowest BCUT2D eigenvalue weighted by atomic mass is 10.0. The number of aliphatic hydroxyl groups excluding tert-OH is 1. The van der Waals surface area contributed by atoms with Crippen molar-refractivity contribution in [2.45, 2.75) is 19.4 Å². The Labute approximate surface area is 151 Å². The molecule has 4 N–H and O–H groups in total. The van der Waals surface area contributed by atoms with Gasteiger partial charge in [0.2, 0.25) is 0 Å². The second-order valence-corrected chi connectivity index (χ2v) is 6.13. The average molecular weight is 351 g/mol. The van der Waals surface area contributed by atoms with Gasteiger partial charge in [0.15, 0.2) is 0 Å². The normalized spacial score (nSPS) is 11.9. The van der Waals surface area contributed by atoms with Crippen LogP contribution in [0.15, 0.2) is 54.6 Å². The molecule has 1 amide bonds. The van der Waals surface area contributed by atoms with Gasteiger partial charge in [0, 0.05) is 12.2 Å². The maximum absolute atomic E-state index is 12.6. The minimum absolute atomic E-state index is 0.0368. The van der Waals surface area contributed by atoms with Crippen LogP contribution in [0.1, 0.15) is 34.1 Å². The first-order valence-corrected chi connectivity index (χ1v) is 8.40. The zero-order chi connectivity index (χ0) is 18.5. The standard InChI is InChI=1S/C20H21N3O3/c1-13-6-8-14(9-7-13)16(10-11-24)21-20(26)18-12-17(22-23-18)15-4-2-3-5-19(15)25/h2-9,12,16,24-25H,10-11H2,1H3,(H,21,26)(H,22,23)/t16-/m0/s1. The number of phenolic OH excluding ortho intramolecular Hbond substituents is 1. The Bertz CT molecular complexity index is 887. The molecule has 6 nitrogen and oxygen atoms in total. The van der Waals surface area contributed by atoms with E-state index in [-0.39, 0.29) is 24.3 Å². The molecular weight excluding hydrogens is 330 g/mol. The van der Waals surface area contributed by atoms with E-state index in [1.54, 1.807) is 30.3 Å². The molecule has 1 heterocycles. The number of amides is 1. The van der Waals surface area contributed by atoms with E-state index in [4.69, 9.17) is 0 Å². The molecule has 0 spiro atoms. The van der Waals surface area contributed by atoms with E-state index in [1.165, 1.54) is 0 Å². The minimum atomic E-state index is -0.321. The number of nitrogens with zero attached hydrogens (tertiary/aromatic N) is 1. The van der Waals surface area contributed by atoms with Crippen LogP contribution < -0.4 is 5.32 Å². The van der Waals surface area contributed by atoms with E-state index in [0.717, 1.165) is 11.1 Å². The number of aromatic amines is 1. The van der Waals surface area contributed by atoms with Crippen molar-refractivity contribution in [2.75, 3.05) is 6.61 Å². The summed E-state index contributed by atoms with van der Waals surface area (Å²) in [5.74, 6) is -0.220. The summed E-state index contributed by atoms with van der Waals surface area (Å²) < 4.78 is 0. The molecule has 3 rings (SSSR count). The molecule has 0 aliphatic carbocycles. The molecule has 0 saturated carbocycles. The highest BCUT2D eigenvalue weighted by atomic mass is 16.3. The second-order valence-electron chi connectivity index (χ2n) is 6.13. The molecule has 1 aromatic heterocycles. The predicted molar refractivity (Wildman–Crippen MR) is 98.8 cm³/mol. The smallest absolute Gasteiger partial charge is 0.269 e. The number of aromatic nitrogens is 2. The number of rotatable bonds is 6. The van der Waals surface area contributed by atoms with Gasteiger partial charge < -0.3 is 15.5 Å². The van der Waals surface area contributed by atoms with Crippen molar-refractivity contribution in [3.05, 3.63) is 71.4 Å². The maximum Gasteiger partial charge on any atom is 0.269 e. The zero-order valence-electron chi connectivity index (χ0n) is 14.4. The summed E-state index contributed by atoms with van der Waals surface area (Å²) in [5.41, 5.74) is 3.39. The Hall–Kier alpha value is -3.12. The molecule has 3 aromatic rings. The molecule has 2 aromatic carbocycles. The summed E-state index contributed by atoms with van der Waals surface area (Å²) in [5, 5.41) is 29.0. The molecule has 134 valence electrons. The highest BCUT2D eigenvalue weighted by Gasteiger charge is 2.18. The number of aromatic hydroxyl groups is 1.